The lowest BCUT2D eigenvalue weighted by molar-refractivity contribution is 0.0927. The van der Waals surface area contributed by atoms with Gasteiger partial charge in [0.2, 0.25) is 0 Å². The zero-order valence-corrected chi connectivity index (χ0v) is 15.8. The van der Waals surface area contributed by atoms with Crippen molar-refractivity contribution in [2.45, 2.75) is 58.0 Å². The number of nitrogens with one attached hydrogen (secondary N) is 2. The minimum Gasteiger partial charge on any atom is -0.348 e. The summed E-state index contributed by atoms with van der Waals surface area (Å²) in [5.41, 5.74) is 2.75. The van der Waals surface area contributed by atoms with Gasteiger partial charge in [-0.15, -0.1) is 0 Å². The Balaban J connectivity index is 1.61. The maximum atomic E-state index is 12.5. The first kappa shape index (κ1) is 19.1. The van der Waals surface area contributed by atoms with Crippen LogP contribution in [0.4, 0.5) is 0 Å². The smallest absolute Gasteiger partial charge is 0.270 e. The highest BCUT2D eigenvalue weighted by molar-refractivity contribution is 5.96. The van der Waals surface area contributed by atoms with Crippen molar-refractivity contribution in [1.82, 2.24) is 15.6 Å². The Kier molecular flexibility index (Phi) is 6.58. The van der Waals surface area contributed by atoms with Crippen molar-refractivity contribution in [1.29, 1.82) is 0 Å². The van der Waals surface area contributed by atoms with E-state index in [1.165, 1.54) is 12.8 Å². The predicted octanol–water partition coefficient (Wildman–Crippen LogP) is 3.77. The topological polar surface area (TPSA) is 71.1 Å². The van der Waals surface area contributed by atoms with Gasteiger partial charge in [0.1, 0.15) is 11.4 Å². The summed E-state index contributed by atoms with van der Waals surface area (Å²) in [6, 6.07) is 13.1. The van der Waals surface area contributed by atoms with Gasteiger partial charge in [0.05, 0.1) is 0 Å². The monoisotopic (exact) mass is 365 g/mol. The van der Waals surface area contributed by atoms with E-state index in [9.17, 15) is 9.59 Å². The minimum atomic E-state index is -0.276. The molecular formula is C22H27N3O2. The number of carbonyl (C=O) groups excluding carboxylic acids is 2. The Hall–Kier alpha value is -2.69. The van der Waals surface area contributed by atoms with Crippen LogP contribution in [-0.2, 0) is 6.54 Å². The Morgan fingerprint density at radius 1 is 0.926 bits per heavy atom. The lowest BCUT2D eigenvalue weighted by Gasteiger charge is -2.16. The highest BCUT2D eigenvalue weighted by Crippen LogP contribution is 2.17. The molecule has 0 atom stereocenters. The van der Waals surface area contributed by atoms with E-state index in [1.807, 2.05) is 31.2 Å². The average Bonchev–Trinajstić information content (AvgIpc) is 2.96. The fourth-order valence-electron chi connectivity index (χ4n) is 3.45. The van der Waals surface area contributed by atoms with E-state index < -0.39 is 0 Å². The van der Waals surface area contributed by atoms with Crippen LogP contribution < -0.4 is 10.6 Å². The molecule has 0 radical (unpaired) electrons. The zero-order chi connectivity index (χ0) is 19.1. The lowest BCUT2D eigenvalue weighted by Crippen LogP contribution is -2.35. The van der Waals surface area contributed by atoms with Crippen LogP contribution in [0.1, 0.15) is 70.6 Å². The van der Waals surface area contributed by atoms with E-state index in [4.69, 9.17) is 0 Å². The minimum absolute atomic E-state index is 0.199. The summed E-state index contributed by atoms with van der Waals surface area (Å²) >= 11 is 0. The van der Waals surface area contributed by atoms with E-state index in [2.05, 4.69) is 15.6 Å². The zero-order valence-electron chi connectivity index (χ0n) is 15.8. The van der Waals surface area contributed by atoms with Crippen molar-refractivity contribution in [3.63, 3.8) is 0 Å². The van der Waals surface area contributed by atoms with Crippen LogP contribution in [0, 0.1) is 6.92 Å². The van der Waals surface area contributed by atoms with Crippen molar-refractivity contribution >= 4 is 11.8 Å². The van der Waals surface area contributed by atoms with Crippen molar-refractivity contribution in [2.75, 3.05) is 0 Å². The maximum Gasteiger partial charge on any atom is 0.270 e. The van der Waals surface area contributed by atoms with Gasteiger partial charge in [0, 0.05) is 12.6 Å². The van der Waals surface area contributed by atoms with Crippen LogP contribution in [-0.4, -0.2) is 22.8 Å². The fourth-order valence-corrected chi connectivity index (χ4v) is 3.45. The summed E-state index contributed by atoms with van der Waals surface area (Å²) in [5.74, 6) is -0.474. The second-order valence-electron chi connectivity index (χ2n) is 7.18. The van der Waals surface area contributed by atoms with Gasteiger partial charge >= 0.3 is 0 Å². The van der Waals surface area contributed by atoms with Crippen LogP contribution in [0.15, 0.2) is 42.5 Å². The molecule has 5 heteroatoms. The molecule has 142 valence electrons. The Morgan fingerprint density at radius 3 is 2.30 bits per heavy atom. The summed E-state index contributed by atoms with van der Waals surface area (Å²) in [4.78, 5) is 29.2. The van der Waals surface area contributed by atoms with E-state index in [-0.39, 0.29) is 23.6 Å². The van der Waals surface area contributed by atoms with Crippen LogP contribution in [0.3, 0.4) is 0 Å². The van der Waals surface area contributed by atoms with Gasteiger partial charge in [-0.05, 0) is 43.0 Å². The third-order valence-corrected chi connectivity index (χ3v) is 5.11. The van der Waals surface area contributed by atoms with Gasteiger partial charge in [-0.3, -0.25) is 9.59 Å². The number of benzene rings is 1. The van der Waals surface area contributed by atoms with Crippen LogP contribution in [0.5, 0.6) is 0 Å². The summed E-state index contributed by atoms with van der Waals surface area (Å²) in [6.07, 6.45) is 6.81. The van der Waals surface area contributed by atoms with Crippen molar-refractivity contribution in [3.8, 4) is 0 Å². The van der Waals surface area contributed by atoms with E-state index in [1.54, 1.807) is 18.2 Å². The second kappa shape index (κ2) is 9.31. The van der Waals surface area contributed by atoms with Gasteiger partial charge in [-0.2, -0.15) is 0 Å². The molecule has 0 unspecified atom stereocenters. The molecule has 1 fully saturated rings. The number of pyridine rings is 1. The van der Waals surface area contributed by atoms with E-state index in [0.29, 0.717) is 12.2 Å². The first-order chi connectivity index (χ1) is 13.1. The quantitative estimate of drug-likeness (QED) is 0.792. The maximum absolute atomic E-state index is 12.5. The van der Waals surface area contributed by atoms with Crippen LogP contribution in [0.2, 0.25) is 0 Å². The summed E-state index contributed by atoms with van der Waals surface area (Å²) in [7, 11) is 0. The van der Waals surface area contributed by atoms with Crippen LogP contribution >= 0.6 is 0 Å². The third-order valence-electron chi connectivity index (χ3n) is 5.11. The molecule has 2 aromatic rings. The molecule has 2 amide bonds. The van der Waals surface area contributed by atoms with Gasteiger partial charge in [-0.1, -0.05) is 56.0 Å². The number of carbonyl (C=O) groups is 2. The normalized spacial score (nSPS) is 15.0. The van der Waals surface area contributed by atoms with Gasteiger partial charge in [0.15, 0.2) is 0 Å². The molecule has 1 aliphatic carbocycles. The van der Waals surface area contributed by atoms with Gasteiger partial charge < -0.3 is 10.6 Å². The fraction of sp³-hybridized carbons (Fsp3) is 0.409. The molecule has 0 aliphatic heterocycles. The van der Waals surface area contributed by atoms with Crippen molar-refractivity contribution in [2.24, 2.45) is 0 Å². The molecule has 3 rings (SSSR count). The number of nitrogens with zero attached hydrogens (tertiary/aromatic N) is 1. The highest BCUT2D eigenvalue weighted by atomic mass is 16.2. The highest BCUT2D eigenvalue weighted by Gasteiger charge is 2.17. The average molecular weight is 365 g/mol. The molecule has 5 nitrogen and oxygen atoms in total. The molecule has 1 heterocycles. The second-order valence-corrected chi connectivity index (χ2v) is 7.18. The third kappa shape index (κ3) is 5.39. The molecule has 27 heavy (non-hydrogen) atoms. The number of amides is 2. The van der Waals surface area contributed by atoms with Gasteiger partial charge in [-0.25, -0.2) is 4.98 Å². The molecule has 0 saturated heterocycles. The molecule has 1 saturated carbocycles. The lowest BCUT2D eigenvalue weighted by atomic mass is 10.1. The molecule has 1 aliphatic rings. The van der Waals surface area contributed by atoms with Crippen molar-refractivity contribution in [3.05, 3.63) is 65.0 Å². The van der Waals surface area contributed by atoms with E-state index >= 15 is 0 Å². The first-order valence-electron chi connectivity index (χ1n) is 9.74. The number of aromatic nitrogens is 1. The number of aryl methyl sites for hydroxylation is 1. The molecule has 1 aromatic heterocycles. The number of hydrogen-bond donors (Lipinski definition) is 2. The predicted molar refractivity (Wildman–Crippen MR) is 106 cm³/mol. The molecule has 0 spiro atoms. The summed E-state index contributed by atoms with van der Waals surface area (Å²) in [6.45, 7) is 2.45. The Morgan fingerprint density at radius 2 is 1.59 bits per heavy atom. The number of hydrogen-bond acceptors (Lipinski definition) is 3. The largest absolute Gasteiger partial charge is 0.348 e. The molecule has 1 aromatic carbocycles. The standard InChI is InChI=1S/C22H27N3O2/c1-16-9-6-7-10-17(16)15-23-21(26)19-13-8-14-20(25-19)22(27)24-18-11-4-2-3-5-12-18/h6-10,13-14,18H,2-5,11-12,15H2,1H3,(H,23,26)(H,24,27). The van der Waals surface area contributed by atoms with Crippen LogP contribution in [0.25, 0.3) is 0 Å². The first-order valence-corrected chi connectivity index (χ1v) is 9.74. The van der Waals surface area contributed by atoms with Crippen molar-refractivity contribution < 1.29 is 9.59 Å². The number of rotatable bonds is 5. The SMILES string of the molecule is Cc1ccccc1CNC(=O)c1cccc(C(=O)NC2CCCCCC2)n1. The Labute approximate surface area is 160 Å². The van der Waals surface area contributed by atoms with E-state index in [0.717, 1.165) is 36.8 Å². The molecule has 2 N–H and O–H groups in total. The van der Waals surface area contributed by atoms with Gasteiger partial charge in [0.25, 0.3) is 11.8 Å². The molecular weight excluding hydrogens is 338 g/mol. The molecule has 0 bridgehead atoms. The summed E-state index contributed by atoms with van der Waals surface area (Å²) < 4.78 is 0. The Bertz CT molecular complexity index is 796. The summed E-state index contributed by atoms with van der Waals surface area (Å²) in [5, 5.41) is 5.95.